The van der Waals surface area contributed by atoms with Crippen molar-refractivity contribution in [3.8, 4) is 0 Å². The van der Waals surface area contributed by atoms with Crippen LogP contribution in [0, 0.1) is 0 Å². The summed E-state index contributed by atoms with van der Waals surface area (Å²) in [4.78, 5) is 27.6. The number of thiazole rings is 1. The molecule has 1 heterocycles. The fourth-order valence-electron chi connectivity index (χ4n) is 1.88. The molecule has 0 aliphatic rings. The Labute approximate surface area is 126 Å². The molecule has 2 rings (SSSR count). The number of aliphatic carboxylic acids is 1. The van der Waals surface area contributed by atoms with Gasteiger partial charge >= 0.3 is 5.97 Å². The molecule has 2 N–H and O–H groups in total. The van der Waals surface area contributed by atoms with Crippen molar-refractivity contribution in [2.24, 2.45) is 0 Å². The van der Waals surface area contributed by atoms with Crippen LogP contribution in [-0.2, 0) is 22.4 Å². The van der Waals surface area contributed by atoms with E-state index in [4.69, 9.17) is 0 Å². The normalized spacial score (nSPS) is 11.9. The number of carbonyl (C=O) groups excluding carboxylic acids is 1. The average Bonchev–Trinajstić information content (AvgIpc) is 2.93. The van der Waals surface area contributed by atoms with Gasteiger partial charge in [-0.25, -0.2) is 9.78 Å². The predicted octanol–water partition coefficient (Wildman–Crippen LogP) is 2.19. The molecule has 0 saturated heterocycles. The third-order valence-electron chi connectivity index (χ3n) is 2.96. The molecule has 0 fully saturated rings. The maximum Gasteiger partial charge on any atom is 0.330 e. The number of nitrogens with zero attached hydrogens (tertiary/aromatic N) is 1. The van der Waals surface area contributed by atoms with Crippen LogP contribution in [0.4, 0.5) is 0 Å². The number of nitrogens with one attached hydrogen (secondary N) is 1. The summed E-state index contributed by atoms with van der Waals surface area (Å²) in [6, 6.07) is 7.60. The summed E-state index contributed by atoms with van der Waals surface area (Å²) in [6.45, 7) is 1.99. The van der Waals surface area contributed by atoms with Crippen molar-refractivity contribution in [2.75, 3.05) is 0 Å². The Morgan fingerprint density at radius 1 is 1.33 bits per heavy atom. The zero-order chi connectivity index (χ0) is 15.2. The van der Waals surface area contributed by atoms with E-state index in [1.807, 2.05) is 12.3 Å². The molecule has 21 heavy (non-hydrogen) atoms. The molecule has 1 aromatic heterocycles. The molecule has 0 saturated carbocycles. The summed E-state index contributed by atoms with van der Waals surface area (Å²) < 4.78 is 0. The highest BCUT2D eigenvalue weighted by Gasteiger charge is 2.22. The molecular formula is C15H16N2O3S. The van der Waals surface area contributed by atoms with Crippen molar-refractivity contribution < 1.29 is 14.7 Å². The molecule has 0 unspecified atom stereocenters. The summed E-state index contributed by atoms with van der Waals surface area (Å²) in [5.74, 6) is -1.42. The second-order valence-electron chi connectivity index (χ2n) is 4.51. The molecule has 1 amide bonds. The smallest absolute Gasteiger partial charge is 0.330 e. The average molecular weight is 304 g/mol. The number of rotatable bonds is 6. The van der Waals surface area contributed by atoms with E-state index in [0.717, 1.165) is 12.1 Å². The number of amides is 1. The van der Waals surface area contributed by atoms with Gasteiger partial charge in [0.2, 0.25) is 5.91 Å². The molecule has 6 heteroatoms. The number of carboxylic acids is 1. The van der Waals surface area contributed by atoms with Gasteiger partial charge in [0.25, 0.3) is 0 Å². The SMILES string of the molecule is CCc1csc(CC(=O)N[C@H](C(=O)O)c2ccccc2)n1. The van der Waals surface area contributed by atoms with Crippen LogP contribution in [0.2, 0.25) is 0 Å². The molecule has 2 aromatic rings. The number of carboxylic acid groups (broad SMARTS) is 1. The lowest BCUT2D eigenvalue weighted by atomic mass is 10.1. The topological polar surface area (TPSA) is 79.3 Å². The van der Waals surface area contributed by atoms with E-state index in [2.05, 4.69) is 10.3 Å². The Morgan fingerprint density at radius 3 is 2.62 bits per heavy atom. The fraction of sp³-hybridized carbons (Fsp3) is 0.267. The lowest BCUT2D eigenvalue weighted by Crippen LogP contribution is -2.34. The Morgan fingerprint density at radius 2 is 2.05 bits per heavy atom. The minimum Gasteiger partial charge on any atom is -0.479 e. The third kappa shape index (κ3) is 4.13. The molecule has 1 aromatic carbocycles. The van der Waals surface area contributed by atoms with E-state index in [9.17, 15) is 14.7 Å². The molecule has 0 aliphatic carbocycles. The van der Waals surface area contributed by atoms with E-state index in [0.29, 0.717) is 10.6 Å². The first-order chi connectivity index (χ1) is 10.1. The highest BCUT2D eigenvalue weighted by molar-refractivity contribution is 7.09. The molecule has 110 valence electrons. The van der Waals surface area contributed by atoms with E-state index in [-0.39, 0.29) is 12.3 Å². The van der Waals surface area contributed by atoms with Crippen LogP contribution in [0.1, 0.15) is 29.2 Å². The summed E-state index contributed by atoms with van der Waals surface area (Å²) in [7, 11) is 0. The highest BCUT2D eigenvalue weighted by atomic mass is 32.1. The molecule has 5 nitrogen and oxygen atoms in total. The summed E-state index contributed by atoms with van der Waals surface area (Å²) in [5, 5.41) is 14.4. The van der Waals surface area contributed by atoms with Crippen molar-refractivity contribution in [1.82, 2.24) is 10.3 Å². The first kappa shape index (κ1) is 15.2. The number of hydrogen-bond acceptors (Lipinski definition) is 4. The van der Waals surface area contributed by atoms with Crippen molar-refractivity contribution in [1.29, 1.82) is 0 Å². The zero-order valence-electron chi connectivity index (χ0n) is 11.6. The highest BCUT2D eigenvalue weighted by Crippen LogP contribution is 2.14. The standard InChI is InChI=1S/C15H16N2O3S/c1-2-11-9-21-13(16-11)8-12(18)17-14(15(19)20)10-6-4-3-5-7-10/h3-7,9,14H,2,8H2,1H3,(H,17,18)(H,19,20)/t14-/m0/s1. The van der Waals surface area contributed by atoms with Gasteiger partial charge in [0.15, 0.2) is 6.04 Å². The van der Waals surface area contributed by atoms with E-state index in [1.165, 1.54) is 11.3 Å². The van der Waals surface area contributed by atoms with Gasteiger partial charge in [-0.3, -0.25) is 4.79 Å². The Bertz CT molecular complexity index is 625. The van der Waals surface area contributed by atoms with Gasteiger partial charge in [-0.1, -0.05) is 37.3 Å². The van der Waals surface area contributed by atoms with Crippen LogP contribution < -0.4 is 5.32 Å². The number of benzene rings is 1. The van der Waals surface area contributed by atoms with Crippen LogP contribution >= 0.6 is 11.3 Å². The number of aromatic nitrogens is 1. The van der Waals surface area contributed by atoms with Gasteiger partial charge in [0, 0.05) is 5.38 Å². The second kappa shape index (κ2) is 6.99. The van der Waals surface area contributed by atoms with Gasteiger partial charge in [0.05, 0.1) is 12.1 Å². The number of carbonyl (C=O) groups is 2. The van der Waals surface area contributed by atoms with Gasteiger partial charge < -0.3 is 10.4 Å². The third-order valence-corrected chi connectivity index (χ3v) is 3.86. The monoisotopic (exact) mass is 304 g/mol. The zero-order valence-corrected chi connectivity index (χ0v) is 12.4. The van der Waals surface area contributed by atoms with Gasteiger partial charge in [0.1, 0.15) is 5.01 Å². The number of aryl methyl sites for hydroxylation is 1. The lowest BCUT2D eigenvalue weighted by molar-refractivity contribution is -0.141. The first-order valence-corrected chi connectivity index (χ1v) is 7.48. The molecule has 0 radical (unpaired) electrons. The predicted molar refractivity (Wildman–Crippen MR) is 80.2 cm³/mol. The maximum absolute atomic E-state index is 12.0. The van der Waals surface area contributed by atoms with Crippen LogP contribution in [0.3, 0.4) is 0 Å². The first-order valence-electron chi connectivity index (χ1n) is 6.60. The fourth-order valence-corrected chi connectivity index (χ4v) is 2.75. The van der Waals surface area contributed by atoms with Gasteiger partial charge in [-0.05, 0) is 12.0 Å². The van der Waals surface area contributed by atoms with Crippen LogP contribution in [0.5, 0.6) is 0 Å². The van der Waals surface area contributed by atoms with Gasteiger partial charge in [-0.2, -0.15) is 0 Å². The summed E-state index contributed by atoms with van der Waals surface area (Å²) in [6.07, 6.45) is 0.918. The minimum absolute atomic E-state index is 0.0985. The van der Waals surface area contributed by atoms with E-state index >= 15 is 0 Å². The van der Waals surface area contributed by atoms with Crippen molar-refractivity contribution >= 4 is 23.2 Å². The van der Waals surface area contributed by atoms with E-state index in [1.54, 1.807) is 30.3 Å². The van der Waals surface area contributed by atoms with Crippen molar-refractivity contribution in [2.45, 2.75) is 25.8 Å². The Balaban J connectivity index is 2.03. The summed E-state index contributed by atoms with van der Waals surface area (Å²) >= 11 is 1.41. The molecule has 0 spiro atoms. The number of hydrogen-bond donors (Lipinski definition) is 2. The van der Waals surface area contributed by atoms with Crippen LogP contribution in [0.25, 0.3) is 0 Å². The molecule has 0 bridgehead atoms. The van der Waals surface area contributed by atoms with E-state index < -0.39 is 12.0 Å². The largest absolute Gasteiger partial charge is 0.479 e. The van der Waals surface area contributed by atoms with Gasteiger partial charge in [-0.15, -0.1) is 11.3 Å². The second-order valence-corrected chi connectivity index (χ2v) is 5.46. The minimum atomic E-state index is -1.08. The molecular weight excluding hydrogens is 288 g/mol. The Hall–Kier alpha value is -2.21. The quantitative estimate of drug-likeness (QED) is 0.857. The van der Waals surface area contributed by atoms with Crippen molar-refractivity contribution in [3.63, 3.8) is 0 Å². The Kier molecular flexibility index (Phi) is 5.05. The van der Waals surface area contributed by atoms with Crippen LogP contribution in [0.15, 0.2) is 35.7 Å². The molecule has 1 atom stereocenters. The van der Waals surface area contributed by atoms with Crippen LogP contribution in [-0.4, -0.2) is 22.0 Å². The molecule has 0 aliphatic heterocycles. The lowest BCUT2D eigenvalue weighted by Gasteiger charge is -2.14. The maximum atomic E-state index is 12.0. The van der Waals surface area contributed by atoms with Crippen molar-refractivity contribution in [3.05, 3.63) is 52.0 Å². The summed E-state index contributed by atoms with van der Waals surface area (Å²) in [5.41, 5.74) is 1.49.